The van der Waals surface area contributed by atoms with Crippen LogP contribution in [0, 0.1) is 0 Å². The molecule has 0 saturated carbocycles. The third kappa shape index (κ3) is 4.77. The van der Waals surface area contributed by atoms with Gasteiger partial charge in [-0.05, 0) is 18.6 Å². The zero-order valence-electron chi connectivity index (χ0n) is 9.86. The van der Waals surface area contributed by atoms with Crippen LogP contribution in [-0.4, -0.2) is 26.1 Å². The highest BCUT2D eigenvalue weighted by Gasteiger charge is 2.00. The second-order valence-electron chi connectivity index (χ2n) is 3.43. The fourth-order valence-corrected chi connectivity index (χ4v) is 2.13. The van der Waals surface area contributed by atoms with Gasteiger partial charge < -0.3 is 15.2 Å². The highest BCUT2D eigenvalue weighted by Crippen LogP contribution is 2.26. The van der Waals surface area contributed by atoms with E-state index in [9.17, 15) is 0 Å². The Labute approximate surface area is 101 Å². The Morgan fingerprint density at radius 1 is 1.25 bits per heavy atom. The van der Waals surface area contributed by atoms with Crippen molar-refractivity contribution in [2.45, 2.75) is 18.2 Å². The maximum Gasteiger partial charge on any atom is 0.122 e. The predicted octanol–water partition coefficient (Wildman–Crippen LogP) is 2.80. The van der Waals surface area contributed by atoms with Crippen molar-refractivity contribution >= 4 is 17.4 Å². The van der Waals surface area contributed by atoms with E-state index in [1.807, 2.05) is 18.2 Å². The normalized spacial score (nSPS) is 10.4. The Morgan fingerprint density at radius 3 is 2.75 bits per heavy atom. The lowest BCUT2D eigenvalue weighted by Crippen LogP contribution is -1.97. The van der Waals surface area contributed by atoms with Crippen LogP contribution in [0.1, 0.15) is 13.3 Å². The van der Waals surface area contributed by atoms with E-state index in [1.54, 1.807) is 18.9 Å². The van der Waals surface area contributed by atoms with Gasteiger partial charge in [-0.15, -0.1) is 11.8 Å². The molecular weight excluding hydrogens is 222 g/mol. The largest absolute Gasteiger partial charge is 0.493 e. The minimum absolute atomic E-state index is 0.728. The number of hydrogen-bond donors (Lipinski definition) is 1. The van der Waals surface area contributed by atoms with Gasteiger partial charge in [-0.25, -0.2) is 0 Å². The molecule has 90 valence electrons. The standard InChI is InChI=1S/C12H19NO2S/c1-3-4-15-11-7-10(13)8-12(9-11)16-6-5-14-2/h7-9H,3-6,13H2,1-2H3. The van der Waals surface area contributed by atoms with Gasteiger partial charge in [-0.3, -0.25) is 0 Å². The molecule has 0 aromatic heterocycles. The summed E-state index contributed by atoms with van der Waals surface area (Å²) in [5.74, 6) is 1.77. The first-order valence-electron chi connectivity index (χ1n) is 5.41. The van der Waals surface area contributed by atoms with Crippen LogP contribution in [0.2, 0.25) is 0 Å². The Hall–Kier alpha value is -0.870. The topological polar surface area (TPSA) is 44.5 Å². The van der Waals surface area contributed by atoms with Crippen LogP contribution < -0.4 is 10.5 Å². The van der Waals surface area contributed by atoms with Crippen LogP contribution in [0.15, 0.2) is 23.1 Å². The molecule has 0 fully saturated rings. The molecule has 3 nitrogen and oxygen atoms in total. The molecule has 2 N–H and O–H groups in total. The van der Waals surface area contributed by atoms with E-state index in [2.05, 4.69) is 6.92 Å². The van der Waals surface area contributed by atoms with Crippen LogP contribution in [0.4, 0.5) is 5.69 Å². The molecule has 0 aliphatic rings. The van der Waals surface area contributed by atoms with Crippen molar-refractivity contribution < 1.29 is 9.47 Å². The lowest BCUT2D eigenvalue weighted by Gasteiger charge is -2.08. The summed E-state index contributed by atoms with van der Waals surface area (Å²) in [5.41, 5.74) is 6.55. The number of thioether (sulfide) groups is 1. The van der Waals surface area contributed by atoms with E-state index in [1.165, 1.54) is 0 Å². The van der Waals surface area contributed by atoms with Crippen molar-refractivity contribution in [1.29, 1.82) is 0 Å². The summed E-state index contributed by atoms with van der Waals surface area (Å²) in [6, 6.07) is 5.83. The Balaban J connectivity index is 2.58. The van der Waals surface area contributed by atoms with Crippen molar-refractivity contribution in [3.63, 3.8) is 0 Å². The summed E-state index contributed by atoms with van der Waals surface area (Å²) < 4.78 is 10.6. The molecule has 0 radical (unpaired) electrons. The van der Waals surface area contributed by atoms with Crippen LogP contribution >= 0.6 is 11.8 Å². The SMILES string of the molecule is CCCOc1cc(N)cc(SCCOC)c1. The first kappa shape index (κ1) is 13.2. The highest BCUT2D eigenvalue weighted by molar-refractivity contribution is 7.99. The van der Waals surface area contributed by atoms with Gasteiger partial charge in [0.2, 0.25) is 0 Å². The molecule has 0 aliphatic heterocycles. The maximum atomic E-state index is 5.81. The van der Waals surface area contributed by atoms with Crippen molar-refractivity contribution in [1.82, 2.24) is 0 Å². The minimum atomic E-state index is 0.728. The molecule has 0 saturated heterocycles. The molecule has 0 heterocycles. The van der Waals surface area contributed by atoms with E-state index >= 15 is 0 Å². The van der Waals surface area contributed by atoms with E-state index < -0.39 is 0 Å². The van der Waals surface area contributed by atoms with E-state index in [-0.39, 0.29) is 0 Å². The number of ether oxygens (including phenoxy) is 2. The van der Waals surface area contributed by atoms with Crippen molar-refractivity contribution in [2.24, 2.45) is 0 Å². The third-order valence-electron chi connectivity index (χ3n) is 1.93. The molecule has 0 bridgehead atoms. The van der Waals surface area contributed by atoms with Gasteiger partial charge >= 0.3 is 0 Å². The zero-order valence-corrected chi connectivity index (χ0v) is 10.7. The van der Waals surface area contributed by atoms with Gasteiger partial charge in [-0.2, -0.15) is 0 Å². The average molecular weight is 241 g/mol. The lowest BCUT2D eigenvalue weighted by molar-refractivity contribution is 0.218. The molecule has 1 rings (SSSR count). The van der Waals surface area contributed by atoms with Crippen LogP contribution in [-0.2, 0) is 4.74 Å². The Bertz CT molecular complexity index is 318. The van der Waals surface area contributed by atoms with Gasteiger partial charge in [0.25, 0.3) is 0 Å². The molecule has 0 atom stereocenters. The molecule has 16 heavy (non-hydrogen) atoms. The number of nitrogen functional groups attached to an aromatic ring is 1. The summed E-state index contributed by atoms with van der Waals surface area (Å²) in [6.07, 6.45) is 1.00. The molecule has 0 amide bonds. The lowest BCUT2D eigenvalue weighted by atomic mass is 10.3. The number of rotatable bonds is 7. The second-order valence-corrected chi connectivity index (χ2v) is 4.60. The van der Waals surface area contributed by atoms with Crippen molar-refractivity contribution in [3.05, 3.63) is 18.2 Å². The molecule has 0 aliphatic carbocycles. The number of anilines is 1. The van der Waals surface area contributed by atoms with E-state index in [0.29, 0.717) is 0 Å². The minimum Gasteiger partial charge on any atom is -0.493 e. The summed E-state index contributed by atoms with van der Waals surface area (Å²) in [6.45, 7) is 3.55. The second kappa shape index (κ2) is 7.41. The smallest absolute Gasteiger partial charge is 0.122 e. The molecule has 1 aromatic carbocycles. The van der Waals surface area contributed by atoms with Gasteiger partial charge in [0.1, 0.15) is 5.75 Å². The molecule has 4 heteroatoms. The monoisotopic (exact) mass is 241 g/mol. The summed E-state index contributed by atoms with van der Waals surface area (Å²) in [4.78, 5) is 1.13. The quantitative estimate of drug-likeness (QED) is 0.453. The van der Waals surface area contributed by atoms with Gasteiger partial charge in [-0.1, -0.05) is 6.92 Å². The van der Waals surface area contributed by atoms with Crippen molar-refractivity contribution in [2.75, 3.05) is 31.8 Å². The van der Waals surface area contributed by atoms with Gasteiger partial charge in [0.05, 0.1) is 13.2 Å². The first-order chi connectivity index (χ1) is 7.76. The Kier molecular flexibility index (Phi) is 6.11. The average Bonchev–Trinajstić information content (AvgIpc) is 2.26. The number of benzene rings is 1. The summed E-state index contributed by atoms with van der Waals surface area (Å²) in [7, 11) is 1.70. The van der Waals surface area contributed by atoms with Gasteiger partial charge in [0, 0.05) is 29.5 Å². The van der Waals surface area contributed by atoms with Crippen LogP contribution in [0.25, 0.3) is 0 Å². The highest BCUT2D eigenvalue weighted by atomic mass is 32.2. The van der Waals surface area contributed by atoms with E-state index in [4.69, 9.17) is 15.2 Å². The third-order valence-corrected chi connectivity index (χ3v) is 2.87. The fraction of sp³-hybridized carbons (Fsp3) is 0.500. The zero-order chi connectivity index (χ0) is 11.8. The fourth-order valence-electron chi connectivity index (χ4n) is 1.22. The van der Waals surface area contributed by atoms with E-state index in [0.717, 1.165) is 41.7 Å². The maximum absolute atomic E-state index is 5.81. The number of methoxy groups -OCH3 is 1. The predicted molar refractivity (Wildman–Crippen MR) is 69.2 cm³/mol. The summed E-state index contributed by atoms with van der Waals surface area (Å²) >= 11 is 1.72. The number of nitrogens with two attached hydrogens (primary N) is 1. The summed E-state index contributed by atoms with van der Waals surface area (Å²) in [5, 5.41) is 0. The molecule has 1 aromatic rings. The Morgan fingerprint density at radius 2 is 2.06 bits per heavy atom. The van der Waals surface area contributed by atoms with Crippen LogP contribution in [0.5, 0.6) is 5.75 Å². The molecule has 0 unspecified atom stereocenters. The van der Waals surface area contributed by atoms with Crippen molar-refractivity contribution in [3.8, 4) is 5.75 Å². The molecular formula is C12H19NO2S. The van der Waals surface area contributed by atoms with Gasteiger partial charge in [0.15, 0.2) is 0 Å². The first-order valence-corrected chi connectivity index (χ1v) is 6.40. The molecule has 0 spiro atoms. The van der Waals surface area contributed by atoms with Crippen LogP contribution in [0.3, 0.4) is 0 Å². The number of hydrogen-bond acceptors (Lipinski definition) is 4.